The van der Waals surface area contributed by atoms with E-state index in [0.29, 0.717) is 11.7 Å². The second kappa shape index (κ2) is 10.6. The number of methoxy groups -OCH3 is 1. The molecular weight excluding hydrogens is 510 g/mol. The fourth-order valence-corrected chi connectivity index (χ4v) is 7.13. The standard InChI is InChI=1S/C31H27N3O2S2/c1-3-33-26-20-25(36-2)15-16-27(26)37-30(33)28-29(35)34(18-17-21-9-5-4-6-10-21)31(38-28)32-24-14-13-22-11-7-8-12-23(22)19-24/h4-16,19-20H,3,17-18H2,1-2H3. The van der Waals surface area contributed by atoms with E-state index < -0.39 is 0 Å². The first-order valence-electron chi connectivity index (χ1n) is 12.6. The van der Waals surface area contributed by atoms with Crippen LogP contribution in [0.2, 0.25) is 0 Å². The first-order valence-corrected chi connectivity index (χ1v) is 14.3. The molecule has 190 valence electrons. The van der Waals surface area contributed by atoms with Crippen molar-refractivity contribution < 1.29 is 9.53 Å². The molecule has 1 saturated heterocycles. The van der Waals surface area contributed by atoms with Crippen molar-refractivity contribution in [3.8, 4) is 5.75 Å². The van der Waals surface area contributed by atoms with Crippen LogP contribution in [0.4, 0.5) is 11.4 Å². The van der Waals surface area contributed by atoms with Crippen LogP contribution in [0.1, 0.15) is 12.5 Å². The summed E-state index contributed by atoms with van der Waals surface area (Å²) in [6.07, 6.45) is 0.758. The number of carbonyl (C=O) groups is 1. The molecule has 0 atom stereocenters. The lowest BCUT2D eigenvalue weighted by Crippen LogP contribution is -2.32. The predicted octanol–water partition coefficient (Wildman–Crippen LogP) is 7.46. The molecule has 0 spiro atoms. The predicted molar refractivity (Wildman–Crippen MR) is 159 cm³/mol. The third-order valence-corrected chi connectivity index (χ3v) is 9.09. The quantitative estimate of drug-likeness (QED) is 0.239. The Kier molecular flexibility index (Phi) is 6.87. The van der Waals surface area contributed by atoms with E-state index in [1.54, 1.807) is 18.9 Å². The molecule has 2 heterocycles. The van der Waals surface area contributed by atoms with Gasteiger partial charge in [-0.3, -0.25) is 9.69 Å². The molecule has 0 aliphatic carbocycles. The van der Waals surface area contributed by atoms with Gasteiger partial charge in [0.15, 0.2) is 5.17 Å². The molecule has 4 aromatic carbocycles. The molecule has 0 unspecified atom stereocenters. The topological polar surface area (TPSA) is 45.1 Å². The average molecular weight is 538 g/mol. The van der Waals surface area contributed by atoms with Crippen LogP contribution in [-0.4, -0.2) is 36.2 Å². The molecule has 1 fully saturated rings. The highest BCUT2D eigenvalue weighted by atomic mass is 32.2. The van der Waals surface area contributed by atoms with E-state index in [1.165, 1.54) is 22.7 Å². The Labute approximate surface area is 231 Å². The highest BCUT2D eigenvalue weighted by Crippen LogP contribution is 2.51. The van der Waals surface area contributed by atoms with E-state index in [0.717, 1.165) is 50.3 Å². The Morgan fingerprint density at radius 1 is 0.842 bits per heavy atom. The summed E-state index contributed by atoms with van der Waals surface area (Å²) in [6.45, 7) is 3.43. The second-order valence-electron chi connectivity index (χ2n) is 9.03. The van der Waals surface area contributed by atoms with Gasteiger partial charge in [-0.15, -0.1) is 0 Å². The van der Waals surface area contributed by atoms with E-state index in [9.17, 15) is 4.79 Å². The van der Waals surface area contributed by atoms with Gasteiger partial charge >= 0.3 is 0 Å². The minimum absolute atomic E-state index is 0.00573. The Hall–Kier alpha value is -3.68. The number of benzene rings is 4. The fourth-order valence-electron chi connectivity index (χ4n) is 4.73. The van der Waals surface area contributed by atoms with E-state index in [2.05, 4.69) is 54.3 Å². The molecule has 7 heteroatoms. The number of anilines is 1. The minimum Gasteiger partial charge on any atom is -0.497 e. The number of ether oxygens (including phenoxy) is 1. The molecule has 0 aromatic heterocycles. The van der Waals surface area contributed by atoms with Crippen LogP contribution >= 0.6 is 23.5 Å². The largest absolute Gasteiger partial charge is 0.497 e. The number of hydrogen-bond acceptors (Lipinski definition) is 6. The summed E-state index contributed by atoms with van der Waals surface area (Å²) in [5, 5.41) is 3.98. The minimum atomic E-state index is 0.00573. The number of hydrogen-bond donors (Lipinski definition) is 0. The molecule has 0 N–H and O–H groups in total. The summed E-state index contributed by atoms with van der Waals surface area (Å²) in [6, 6.07) is 30.8. The third-order valence-electron chi connectivity index (χ3n) is 6.71. The molecule has 38 heavy (non-hydrogen) atoms. The molecule has 2 aliphatic heterocycles. The van der Waals surface area contributed by atoms with Crippen LogP contribution in [0.5, 0.6) is 5.75 Å². The van der Waals surface area contributed by atoms with Crippen LogP contribution in [-0.2, 0) is 11.2 Å². The molecule has 0 radical (unpaired) electrons. The van der Waals surface area contributed by atoms with E-state index in [-0.39, 0.29) is 5.91 Å². The van der Waals surface area contributed by atoms with Gasteiger partial charge in [-0.1, -0.05) is 72.4 Å². The number of fused-ring (bicyclic) bond motifs is 2. The Morgan fingerprint density at radius 3 is 2.42 bits per heavy atom. The highest BCUT2D eigenvalue weighted by molar-refractivity contribution is 8.19. The number of amidine groups is 1. The number of nitrogens with zero attached hydrogens (tertiary/aromatic N) is 3. The maximum absolute atomic E-state index is 14.0. The van der Waals surface area contributed by atoms with Crippen molar-refractivity contribution in [1.82, 2.24) is 4.90 Å². The second-order valence-corrected chi connectivity index (χ2v) is 11.0. The van der Waals surface area contributed by atoms with Crippen LogP contribution in [0.3, 0.4) is 0 Å². The number of thioether (sulfide) groups is 2. The van der Waals surface area contributed by atoms with Crippen molar-refractivity contribution in [3.63, 3.8) is 0 Å². The van der Waals surface area contributed by atoms with Crippen LogP contribution < -0.4 is 9.64 Å². The molecule has 0 bridgehead atoms. The monoisotopic (exact) mass is 537 g/mol. The Balaban J connectivity index is 1.39. The fraction of sp³-hybridized carbons (Fsp3) is 0.161. The maximum atomic E-state index is 14.0. The van der Waals surface area contributed by atoms with E-state index in [4.69, 9.17) is 9.73 Å². The normalized spacial score (nSPS) is 18.1. The van der Waals surface area contributed by atoms with Crippen LogP contribution in [0, 0.1) is 0 Å². The Bertz CT molecular complexity index is 1580. The zero-order chi connectivity index (χ0) is 26.1. The maximum Gasteiger partial charge on any atom is 0.269 e. The zero-order valence-corrected chi connectivity index (χ0v) is 22.9. The molecule has 1 amide bonds. The van der Waals surface area contributed by atoms with Gasteiger partial charge in [0.2, 0.25) is 0 Å². The number of carbonyl (C=O) groups excluding carboxylic acids is 1. The lowest BCUT2D eigenvalue weighted by molar-refractivity contribution is -0.122. The van der Waals surface area contributed by atoms with Crippen molar-refractivity contribution >= 4 is 56.7 Å². The lowest BCUT2D eigenvalue weighted by atomic mass is 10.1. The Morgan fingerprint density at radius 2 is 1.63 bits per heavy atom. The highest BCUT2D eigenvalue weighted by Gasteiger charge is 2.39. The lowest BCUT2D eigenvalue weighted by Gasteiger charge is -2.19. The van der Waals surface area contributed by atoms with Gasteiger partial charge in [0, 0.05) is 24.1 Å². The van der Waals surface area contributed by atoms with Gasteiger partial charge < -0.3 is 9.64 Å². The first-order chi connectivity index (χ1) is 18.6. The summed E-state index contributed by atoms with van der Waals surface area (Å²) in [7, 11) is 1.68. The summed E-state index contributed by atoms with van der Waals surface area (Å²) in [4.78, 5) is 24.9. The van der Waals surface area contributed by atoms with Crippen molar-refractivity contribution in [3.05, 3.63) is 106 Å². The molecule has 6 rings (SSSR count). The average Bonchev–Trinajstić information content (AvgIpc) is 3.48. The van der Waals surface area contributed by atoms with E-state index >= 15 is 0 Å². The van der Waals surface area contributed by atoms with Crippen molar-refractivity contribution in [2.75, 3.05) is 25.1 Å². The van der Waals surface area contributed by atoms with Gasteiger partial charge in [0.25, 0.3) is 5.91 Å². The molecule has 4 aromatic rings. The van der Waals surface area contributed by atoms with Gasteiger partial charge in [-0.25, -0.2) is 4.99 Å². The van der Waals surface area contributed by atoms with Crippen LogP contribution in [0.25, 0.3) is 10.8 Å². The third kappa shape index (κ3) is 4.68. The van der Waals surface area contributed by atoms with Gasteiger partial charge in [0.05, 0.1) is 18.5 Å². The van der Waals surface area contributed by atoms with Gasteiger partial charge in [0.1, 0.15) is 15.7 Å². The molecule has 0 saturated carbocycles. The van der Waals surface area contributed by atoms with Gasteiger partial charge in [-0.2, -0.15) is 0 Å². The zero-order valence-electron chi connectivity index (χ0n) is 21.3. The smallest absolute Gasteiger partial charge is 0.269 e. The summed E-state index contributed by atoms with van der Waals surface area (Å²) in [5.41, 5.74) is 3.11. The van der Waals surface area contributed by atoms with Crippen molar-refractivity contribution in [2.24, 2.45) is 4.99 Å². The summed E-state index contributed by atoms with van der Waals surface area (Å²) < 4.78 is 5.47. The number of rotatable bonds is 6. The first kappa shape index (κ1) is 24.6. The van der Waals surface area contributed by atoms with Crippen LogP contribution in [0.15, 0.2) is 111 Å². The summed E-state index contributed by atoms with van der Waals surface area (Å²) >= 11 is 3.11. The molecule has 2 aliphatic rings. The number of amides is 1. The van der Waals surface area contributed by atoms with Gasteiger partial charge in [-0.05, 0) is 65.7 Å². The van der Waals surface area contributed by atoms with Crippen molar-refractivity contribution in [1.29, 1.82) is 0 Å². The molecule has 5 nitrogen and oxygen atoms in total. The SMILES string of the molecule is CCN1C(=C2SC(=Nc3ccc4ccccc4c3)N(CCc3ccccc3)C2=O)Sc2ccc(OC)cc21. The summed E-state index contributed by atoms with van der Waals surface area (Å²) in [5.74, 6) is 0.814. The van der Waals surface area contributed by atoms with Crippen molar-refractivity contribution in [2.45, 2.75) is 18.2 Å². The number of aliphatic imine (C=N–C) groups is 1. The molecular formula is C31H27N3O2S2. The van der Waals surface area contributed by atoms with E-state index in [1.807, 2.05) is 53.4 Å².